The predicted octanol–water partition coefficient (Wildman–Crippen LogP) is 3.76. The molecule has 0 amide bonds. The molecule has 0 aromatic carbocycles. The molecule has 0 spiro atoms. The lowest BCUT2D eigenvalue weighted by Gasteiger charge is -2.72. The van der Waals surface area contributed by atoms with Gasteiger partial charge >= 0.3 is 5.97 Å². The van der Waals surface area contributed by atoms with E-state index in [1.165, 1.54) is 5.57 Å². The molecule has 35 heavy (non-hydrogen) atoms. The summed E-state index contributed by atoms with van der Waals surface area (Å²) in [5, 5.41) is 56.0. The molecule has 6 heteroatoms. The van der Waals surface area contributed by atoms with E-state index >= 15 is 0 Å². The summed E-state index contributed by atoms with van der Waals surface area (Å²) >= 11 is 0. The SMILES string of the molecule is CC1CCC2(C(=O)O)CC3(C)C(=CCC4C3(C)CC(O)C3(O)C(C)(CO)C(O)CCC43C)C2C1C. The van der Waals surface area contributed by atoms with Crippen LogP contribution in [0, 0.1) is 50.7 Å². The van der Waals surface area contributed by atoms with Gasteiger partial charge in [-0.05, 0) is 79.4 Å². The maximum absolute atomic E-state index is 13.0. The molecule has 198 valence electrons. The topological polar surface area (TPSA) is 118 Å². The van der Waals surface area contributed by atoms with Gasteiger partial charge in [0.1, 0.15) is 5.60 Å². The minimum atomic E-state index is -1.64. The van der Waals surface area contributed by atoms with Crippen molar-refractivity contribution in [3.05, 3.63) is 11.6 Å². The Labute approximate surface area is 209 Å². The van der Waals surface area contributed by atoms with Crippen LogP contribution >= 0.6 is 0 Å². The summed E-state index contributed by atoms with van der Waals surface area (Å²) in [6.45, 7) is 12.3. The average molecular weight is 491 g/mol. The van der Waals surface area contributed by atoms with Crippen LogP contribution in [-0.2, 0) is 4.79 Å². The molecule has 0 aromatic rings. The van der Waals surface area contributed by atoms with Crippen LogP contribution < -0.4 is 0 Å². The second-order valence-corrected chi connectivity index (χ2v) is 14.2. The Hall–Kier alpha value is -0.950. The van der Waals surface area contributed by atoms with Crippen molar-refractivity contribution in [2.24, 2.45) is 50.7 Å². The van der Waals surface area contributed by atoms with Gasteiger partial charge in [-0.25, -0.2) is 0 Å². The van der Waals surface area contributed by atoms with E-state index in [4.69, 9.17) is 0 Å². The molecule has 0 radical (unpaired) electrons. The van der Waals surface area contributed by atoms with Crippen molar-refractivity contribution in [3.63, 3.8) is 0 Å². The molecule has 0 aliphatic heterocycles. The molecule has 0 bridgehead atoms. The zero-order valence-electron chi connectivity index (χ0n) is 22.3. The third kappa shape index (κ3) is 2.58. The van der Waals surface area contributed by atoms with Gasteiger partial charge in [0.25, 0.3) is 0 Å². The van der Waals surface area contributed by atoms with Crippen LogP contribution in [0.5, 0.6) is 0 Å². The number of hydrogen-bond acceptors (Lipinski definition) is 5. The summed E-state index contributed by atoms with van der Waals surface area (Å²) in [5.74, 6) is 0.0376. The summed E-state index contributed by atoms with van der Waals surface area (Å²) < 4.78 is 0. The largest absolute Gasteiger partial charge is 0.481 e. The van der Waals surface area contributed by atoms with Crippen LogP contribution in [0.3, 0.4) is 0 Å². The van der Waals surface area contributed by atoms with Crippen LogP contribution in [0.15, 0.2) is 11.6 Å². The fraction of sp³-hybridized carbons (Fsp3) is 0.897. The summed E-state index contributed by atoms with van der Waals surface area (Å²) in [6, 6.07) is 0. The third-order valence-electron chi connectivity index (χ3n) is 13.3. The molecule has 0 aromatic heterocycles. The van der Waals surface area contributed by atoms with Crippen molar-refractivity contribution in [2.75, 3.05) is 6.61 Å². The van der Waals surface area contributed by atoms with Gasteiger partial charge in [-0.3, -0.25) is 4.79 Å². The molecule has 4 fully saturated rings. The molecule has 5 rings (SSSR count). The van der Waals surface area contributed by atoms with E-state index in [1.54, 1.807) is 6.92 Å². The van der Waals surface area contributed by atoms with Crippen molar-refractivity contribution in [2.45, 2.75) is 104 Å². The van der Waals surface area contributed by atoms with Gasteiger partial charge < -0.3 is 25.5 Å². The van der Waals surface area contributed by atoms with Crippen LogP contribution in [0.25, 0.3) is 0 Å². The fourth-order valence-electron chi connectivity index (χ4n) is 10.8. The summed E-state index contributed by atoms with van der Waals surface area (Å²) in [5.41, 5.74) is -3.96. The number of allylic oxidation sites excluding steroid dienone is 2. The van der Waals surface area contributed by atoms with Gasteiger partial charge in [0.05, 0.1) is 24.2 Å². The first kappa shape index (κ1) is 25.7. The number of carboxylic acids is 1. The Morgan fingerprint density at radius 1 is 1.03 bits per heavy atom. The standard InChI is InChI=1S/C29H46O6/c1-16-9-12-28(23(33)34)14-26(5)18(22(28)17(16)2)7-8-19-24(3)11-10-20(31)27(6,15-30)29(24,35)21(32)13-25(19,26)4/h7,16-17,19-22,30-32,35H,8-15H2,1-6H3,(H,33,34). The van der Waals surface area contributed by atoms with Crippen LogP contribution in [0.4, 0.5) is 0 Å². The van der Waals surface area contributed by atoms with Gasteiger partial charge in [-0.1, -0.05) is 53.2 Å². The lowest BCUT2D eigenvalue weighted by molar-refractivity contribution is -0.336. The molecule has 5 aliphatic rings. The number of aliphatic hydroxyl groups excluding tert-OH is 3. The highest BCUT2D eigenvalue weighted by atomic mass is 16.4. The summed E-state index contributed by atoms with van der Waals surface area (Å²) in [7, 11) is 0. The van der Waals surface area contributed by atoms with Gasteiger partial charge in [-0.2, -0.15) is 0 Å². The Bertz CT molecular complexity index is 963. The van der Waals surface area contributed by atoms with Crippen molar-refractivity contribution in [1.29, 1.82) is 0 Å². The van der Waals surface area contributed by atoms with Crippen LogP contribution in [0.1, 0.15) is 86.5 Å². The van der Waals surface area contributed by atoms with Crippen molar-refractivity contribution in [3.8, 4) is 0 Å². The molecule has 4 saturated carbocycles. The lowest BCUT2D eigenvalue weighted by Crippen LogP contribution is -2.78. The maximum Gasteiger partial charge on any atom is 0.310 e. The monoisotopic (exact) mass is 490 g/mol. The maximum atomic E-state index is 13.0. The van der Waals surface area contributed by atoms with Crippen LogP contribution in [0.2, 0.25) is 0 Å². The molecule has 12 atom stereocenters. The first-order chi connectivity index (χ1) is 16.1. The summed E-state index contributed by atoms with van der Waals surface area (Å²) in [6.07, 6.45) is 4.50. The highest BCUT2D eigenvalue weighted by molar-refractivity contribution is 5.78. The second-order valence-electron chi connectivity index (χ2n) is 14.2. The number of hydrogen-bond donors (Lipinski definition) is 5. The van der Waals surface area contributed by atoms with Crippen molar-refractivity contribution in [1.82, 2.24) is 0 Å². The normalized spacial score (nSPS) is 59.5. The minimum absolute atomic E-state index is 0.00532. The van der Waals surface area contributed by atoms with Gasteiger partial charge in [0.15, 0.2) is 0 Å². The van der Waals surface area contributed by atoms with E-state index in [9.17, 15) is 30.3 Å². The fourth-order valence-corrected chi connectivity index (χ4v) is 10.8. The highest BCUT2D eigenvalue weighted by Gasteiger charge is 2.78. The minimum Gasteiger partial charge on any atom is -0.481 e. The molecule has 5 aliphatic carbocycles. The second kappa shape index (κ2) is 7.33. The average Bonchev–Trinajstić information content (AvgIpc) is 3.08. The first-order valence-corrected chi connectivity index (χ1v) is 13.7. The molecule has 0 heterocycles. The number of aliphatic hydroxyl groups is 4. The number of fused-ring (bicyclic) bond motifs is 7. The quantitative estimate of drug-likeness (QED) is 0.376. The van der Waals surface area contributed by atoms with Gasteiger partial charge in [-0.15, -0.1) is 0 Å². The lowest BCUT2D eigenvalue weighted by atomic mass is 9.34. The predicted molar refractivity (Wildman–Crippen MR) is 132 cm³/mol. The van der Waals surface area contributed by atoms with Crippen molar-refractivity contribution < 1.29 is 30.3 Å². The summed E-state index contributed by atoms with van der Waals surface area (Å²) in [4.78, 5) is 13.0. The Kier molecular flexibility index (Phi) is 5.38. The van der Waals surface area contributed by atoms with E-state index in [2.05, 4.69) is 33.8 Å². The molecule has 5 N–H and O–H groups in total. The zero-order valence-corrected chi connectivity index (χ0v) is 22.3. The molecule has 6 nitrogen and oxygen atoms in total. The van der Waals surface area contributed by atoms with E-state index in [0.29, 0.717) is 38.0 Å². The number of rotatable bonds is 2. The third-order valence-corrected chi connectivity index (χ3v) is 13.3. The highest BCUT2D eigenvalue weighted by Crippen LogP contribution is 2.78. The zero-order chi connectivity index (χ0) is 26.0. The smallest absolute Gasteiger partial charge is 0.310 e. The molecule has 12 unspecified atom stereocenters. The van der Waals surface area contributed by atoms with E-state index in [-0.39, 0.29) is 17.8 Å². The van der Waals surface area contributed by atoms with E-state index in [1.807, 2.05) is 6.92 Å². The molecule has 0 saturated heterocycles. The van der Waals surface area contributed by atoms with E-state index in [0.717, 1.165) is 12.8 Å². The number of carboxylic acid groups (broad SMARTS) is 1. The van der Waals surface area contributed by atoms with E-state index < -0.39 is 57.5 Å². The van der Waals surface area contributed by atoms with Crippen molar-refractivity contribution >= 4 is 5.97 Å². The Morgan fingerprint density at radius 3 is 2.29 bits per heavy atom. The van der Waals surface area contributed by atoms with Crippen LogP contribution in [-0.4, -0.2) is 55.9 Å². The first-order valence-electron chi connectivity index (χ1n) is 13.7. The molecular weight excluding hydrogens is 444 g/mol. The number of aliphatic carboxylic acids is 1. The Morgan fingerprint density at radius 2 is 1.69 bits per heavy atom. The van der Waals surface area contributed by atoms with Gasteiger partial charge in [0, 0.05) is 10.8 Å². The Balaban J connectivity index is 1.68. The van der Waals surface area contributed by atoms with Gasteiger partial charge in [0.2, 0.25) is 0 Å². The number of carbonyl (C=O) groups is 1. The molecular formula is C29H46O6.